The van der Waals surface area contributed by atoms with Gasteiger partial charge in [-0.2, -0.15) is 5.26 Å². The Bertz CT molecular complexity index is 1040. The number of hydrogen-bond donors (Lipinski definition) is 1. The SMILES string of the molecule is CCc1ccc2nc(/C(C#N)=C\c3ccc(OC)cc3)[nH]c(=O)c2c1. The van der Waals surface area contributed by atoms with Crippen LogP contribution in [0.15, 0.2) is 47.3 Å². The summed E-state index contributed by atoms with van der Waals surface area (Å²) < 4.78 is 5.12. The van der Waals surface area contributed by atoms with E-state index in [1.54, 1.807) is 13.2 Å². The van der Waals surface area contributed by atoms with Gasteiger partial charge in [0.1, 0.15) is 11.8 Å². The molecule has 1 N–H and O–H groups in total. The van der Waals surface area contributed by atoms with Gasteiger partial charge in [0.2, 0.25) is 0 Å². The molecule has 0 aliphatic rings. The Morgan fingerprint density at radius 2 is 2.04 bits per heavy atom. The second-order valence-electron chi connectivity index (χ2n) is 5.56. The number of hydrogen-bond acceptors (Lipinski definition) is 4. The summed E-state index contributed by atoms with van der Waals surface area (Å²) in [6.45, 7) is 2.03. The maximum atomic E-state index is 12.4. The summed E-state index contributed by atoms with van der Waals surface area (Å²) in [5, 5.41) is 10.0. The zero-order valence-electron chi connectivity index (χ0n) is 14.0. The molecular formula is C20H17N3O2. The zero-order valence-corrected chi connectivity index (χ0v) is 14.0. The van der Waals surface area contributed by atoms with Crippen molar-refractivity contribution in [1.82, 2.24) is 9.97 Å². The zero-order chi connectivity index (χ0) is 17.8. The van der Waals surface area contributed by atoms with Crippen LogP contribution in [-0.4, -0.2) is 17.1 Å². The number of aromatic amines is 1. The Labute approximate surface area is 145 Å². The van der Waals surface area contributed by atoms with Gasteiger partial charge in [-0.15, -0.1) is 0 Å². The highest BCUT2D eigenvalue weighted by Gasteiger charge is 2.09. The molecule has 0 atom stereocenters. The summed E-state index contributed by atoms with van der Waals surface area (Å²) in [6, 6.07) is 15.0. The summed E-state index contributed by atoms with van der Waals surface area (Å²) >= 11 is 0. The van der Waals surface area contributed by atoms with E-state index in [9.17, 15) is 10.1 Å². The van der Waals surface area contributed by atoms with E-state index >= 15 is 0 Å². The number of ether oxygens (including phenoxy) is 1. The van der Waals surface area contributed by atoms with Crippen LogP contribution in [-0.2, 0) is 6.42 Å². The number of nitriles is 1. The number of H-pyrrole nitrogens is 1. The number of aryl methyl sites for hydroxylation is 1. The van der Waals surface area contributed by atoms with Crippen LogP contribution < -0.4 is 10.3 Å². The lowest BCUT2D eigenvalue weighted by atomic mass is 10.1. The van der Waals surface area contributed by atoms with Gasteiger partial charge in [0.25, 0.3) is 5.56 Å². The number of rotatable bonds is 4. The third kappa shape index (κ3) is 3.43. The van der Waals surface area contributed by atoms with Crippen LogP contribution >= 0.6 is 0 Å². The van der Waals surface area contributed by atoms with Crippen LogP contribution in [0.1, 0.15) is 23.9 Å². The Morgan fingerprint density at radius 3 is 2.68 bits per heavy atom. The first-order chi connectivity index (χ1) is 12.1. The summed E-state index contributed by atoms with van der Waals surface area (Å²) in [5.41, 5.74) is 2.52. The lowest BCUT2D eigenvalue weighted by Crippen LogP contribution is -2.11. The van der Waals surface area contributed by atoms with Gasteiger partial charge in [0, 0.05) is 0 Å². The predicted molar refractivity (Wildman–Crippen MR) is 98.2 cm³/mol. The molecule has 3 rings (SSSR count). The molecule has 0 aliphatic carbocycles. The van der Waals surface area contributed by atoms with Crippen molar-refractivity contribution in [3.63, 3.8) is 0 Å². The largest absolute Gasteiger partial charge is 0.497 e. The molecule has 0 aliphatic heterocycles. The molecule has 0 bridgehead atoms. The van der Waals surface area contributed by atoms with Crippen LogP contribution in [0, 0.1) is 11.3 Å². The third-order valence-electron chi connectivity index (χ3n) is 3.98. The van der Waals surface area contributed by atoms with E-state index in [2.05, 4.69) is 16.0 Å². The van der Waals surface area contributed by atoms with Crippen LogP contribution in [0.5, 0.6) is 5.75 Å². The summed E-state index contributed by atoms with van der Waals surface area (Å²) in [5.74, 6) is 1.000. The monoisotopic (exact) mass is 331 g/mol. The highest BCUT2D eigenvalue weighted by Crippen LogP contribution is 2.18. The van der Waals surface area contributed by atoms with Gasteiger partial charge < -0.3 is 9.72 Å². The fourth-order valence-electron chi connectivity index (χ4n) is 2.55. The quantitative estimate of drug-likeness (QED) is 0.741. The molecule has 5 nitrogen and oxygen atoms in total. The van der Waals surface area contributed by atoms with Crippen molar-refractivity contribution in [3.8, 4) is 11.8 Å². The van der Waals surface area contributed by atoms with E-state index < -0.39 is 0 Å². The Balaban J connectivity index is 2.07. The van der Waals surface area contributed by atoms with Crippen molar-refractivity contribution in [3.05, 3.63) is 69.8 Å². The average Bonchev–Trinajstić information content (AvgIpc) is 2.66. The van der Waals surface area contributed by atoms with Crippen LogP contribution in [0.25, 0.3) is 22.6 Å². The number of nitrogens with one attached hydrogen (secondary N) is 1. The number of aromatic nitrogens is 2. The Kier molecular flexibility index (Phi) is 4.62. The molecule has 25 heavy (non-hydrogen) atoms. The highest BCUT2D eigenvalue weighted by atomic mass is 16.5. The number of fused-ring (bicyclic) bond motifs is 1. The third-order valence-corrected chi connectivity index (χ3v) is 3.98. The summed E-state index contributed by atoms with van der Waals surface area (Å²) in [7, 11) is 1.60. The van der Waals surface area contributed by atoms with E-state index in [0.29, 0.717) is 16.5 Å². The van der Waals surface area contributed by atoms with Crippen LogP contribution in [0.3, 0.4) is 0 Å². The van der Waals surface area contributed by atoms with Crippen LogP contribution in [0.2, 0.25) is 0 Å². The molecule has 2 aromatic carbocycles. The lowest BCUT2D eigenvalue weighted by molar-refractivity contribution is 0.415. The van der Waals surface area contributed by atoms with E-state index in [1.807, 2.05) is 49.4 Å². The standard InChI is InChI=1S/C20H17N3O2/c1-3-13-6-9-18-17(11-13)20(24)23-19(22-18)15(12-21)10-14-4-7-16(25-2)8-5-14/h4-11H,3H2,1-2H3,(H,22,23,24)/b15-10-. The van der Waals surface area contributed by atoms with Gasteiger partial charge in [-0.05, 0) is 47.9 Å². The van der Waals surface area contributed by atoms with Gasteiger partial charge in [0.05, 0.1) is 23.6 Å². The molecule has 0 unspecified atom stereocenters. The number of benzene rings is 2. The lowest BCUT2D eigenvalue weighted by Gasteiger charge is -2.04. The van der Waals surface area contributed by atoms with Crippen molar-refractivity contribution in [1.29, 1.82) is 5.26 Å². The molecule has 0 saturated heterocycles. The first kappa shape index (κ1) is 16.5. The minimum absolute atomic E-state index is 0.244. The van der Waals surface area contributed by atoms with Gasteiger partial charge in [-0.25, -0.2) is 4.98 Å². The topological polar surface area (TPSA) is 78.8 Å². The van der Waals surface area contributed by atoms with E-state index in [4.69, 9.17) is 4.74 Å². The molecule has 0 fully saturated rings. The number of nitrogens with zero attached hydrogens (tertiary/aromatic N) is 2. The fourth-order valence-corrected chi connectivity index (χ4v) is 2.55. The Hall–Kier alpha value is -3.39. The predicted octanol–water partition coefficient (Wildman–Crippen LogP) is 3.56. The normalized spacial score (nSPS) is 11.3. The number of methoxy groups -OCH3 is 1. The molecule has 3 aromatic rings. The van der Waals surface area contributed by atoms with Crippen molar-refractivity contribution < 1.29 is 4.74 Å². The van der Waals surface area contributed by atoms with E-state index in [0.717, 1.165) is 23.3 Å². The van der Waals surface area contributed by atoms with Crippen molar-refractivity contribution >= 4 is 22.6 Å². The molecule has 0 saturated carbocycles. The maximum Gasteiger partial charge on any atom is 0.259 e. The molecular weight excluding hydrogens is 314 g/mol. The minimum atomic E-state index is -0.244. The Morgan fingerprint density at radius 1 is 1.28 bits per heavy atom. The molecule has 1 aromatic heterocycles. The van der Waals surface area contributed by atoms with Crippen LogP contribution in [0.4, 0.5) is 0 Å². The van der Waals surface area contributed by atoms with Gasteiger partial charge in [-0.3, -0.25) is 4.79 Å². The average molecular weight is 331 g/mol. The van der Waals surface area contributed by atoms with Crippen molar-refractivity contribution in [2.75, 3.05) is 7.11 Å². The maximum absolute atomic E-state index is 12.4. The first-order valence-electron chi connectivity index (χ1n) is 7.93. The highest BCUT2D eigenvalue weighted by molar-refractivity contribution is 5.89. The molecule has 0 amide bonds. The van der Waals surface area contributed by atoms with E-state index in [-0.39, 0.29) is 11.4 Å². The smallest absolute Gasteiger partial charge is 0.259 e. The fraction of sp³-hybridized carbons (Fsp3) is 0.150. The van der Waals surface area contributed by atoms with Crippen molar-refractivity contribution in [2.24, 2.45) is 0 Å². The van der Waals surface area contributed by atoms with Crippen molar-refractivity contribution in [2.45, 2.75) is 13.3 Å². The second kappa shape index (κ2) is 7.02. The molecule has 0 spiro atoms. The molecule has 5 heteroatoms. The molecule has 124 valence electrons. The summed E-state index contributed by atoms with van der Waals surface area (Å²) in [6.07, 6.45) is 2.53. The second-order valence-corrected chi connectivity index (χ2v) is 5.56. The van der Waals surface area contributed by atoms with E-state index in [1.165, 1.54) is 0 Å². The van der Waals surface area contributed by atoms with Gasteiger partial charge >= 0.3 is 0 Å². The van der Waals surface area contributed by atoms with Gasteiger partial charge in [0.15, 0.2) is 5.82 Å². The number of allylic oxidation sites excluding steroid dienone is 1. The molecule has 0 radical (unpaired) electrons. The van der Waals surface area contributed by atoms with Gasteiger partial charge in [-0.1, -0.05) is 25.1 Å². The minimum Gasteiger partial charge on any atom is -0.497 e. The summed E-state index contributed by atoms with van der Waals surface area (Å²) in [4.78, 5) is 19.5. The molecule has 1 heterocycles. The first-order valence-corrected chi connectivity index (χ1v) is 7.93.